The molecule has 0 aromatic heterocycles. The van der Waals surface area contributed by atoms with Crippen LogP contribution in [0.5, 0.6) is 11.5 Å². The molecule has 0 bridgehead atoms. The van der Waals surface area contributed by atoms with Gasteiger partial charge >= 0.3 is 0 Å². The van der Waals surface area contributed by atoms with Crippen molar-refractivity contribution in [2.75, 3.05) is 6.54 Å². The number of phenolic OH excluding ortho intramolecular Hbond substituents is 2. The van der Waals surface area contributed by atoms with Gasteiger partial charge in [0.1, 0.15) is 11.5 Å². The molecule has 1 aromatic rings. The maximum Gasteiger partial charge on any atom is 0.237 e. The van der Waals surface area contributed by atoms with E-state index in [2.05, 4.69) is 10.6 Å². The highest BCUT2D eigenvalue weighted by molar-refractivity contribution is 5.81. The van der Waals surface area contributed by atoms with E-state index in [9.17, 15) is 15.0 Å². The number of carbonyl (C=O) groups excluding carboxylic acids is 1. The summed E-state index contributed by atoms with van der Waals surface area (Å²) in [5.41, 5.74) is 0.759. The molecule has 0 saturated carbocycles. The number of phenols is 2. The van der Waals surface area contributed by atoms with E-state index in [0.717, 1.165) is 31.4 Å². The molecule has 4 N–H and O–H groups in total. The monoisotopic (exact) mass is 264 g/mol. The minimum absolute atomic E-state index is 0.0220. The van der Waals surface area contributed by atoms with Crippen molar-refractivity contribution in [3.8, 4) is 11.5 Å². The van der Waals surface area contributed by atoms with Gasteiger partial charge in [0.15, 0.2) is 0 Å². The number of benzene rings is 1. The van der Waals surface area contributed by atoms with Gasteiger partial charge in [0.2, 0.25) is 5.91 Å². The summed E-state index contributed by atoms with van der Waals surface area (Å²) < 4.78 is 0. The number of amides is 1. The highest BCUT2D eigenvalue weighted by Crippen LogP contribution is 2.25. The van der Waals surface area contributed by atoms with E-state index in [4.69, 9.17) is 0 Å². The van der Waals surface area contributed by atoms with Gasteiger partial charge in [-0.05, 0) is 43.9 Å². The first kappa shape index (κ1) is 13.7. The van der Waals surface area contributed by atoms with Crippen molar-refractivity contribution in [2.24, 2.45) is 0 Å². The van der Waals surface area contributed by atoms with E-state index in [1.54, 1.807) is 12.1 Å². The van der Waals surface area contributed by atoms with Crippen LogP contribution in [-0.2, 0) is 4.79 Å². The number of hydrogen-bond donors (Lipinski definition) is 4. The van der Waals surface area contributed by atoms with Crippen LogP contribution in [0.15, 0.2) is 18.2 Å². The largest absolute Gasteiger partial charge is 0.508 e. The quantitative estimate of drug-likeness (QED) is 0.665. The third kappa shape index (κ3) is 3.61. The molecule has 104 valence electrons. The Hall–Kier alpha value is -1.75. The first-order chi connectivity index (χ1) is 9.06. The Labute approximate surface area is 112 Å². The van der Waals surface area contributed by atoms with Gasteiger partial charge in [-0.3, -0.25) is 10.1 Å². The topological polar surface area (TPSA) is 81.6 Å². The third-order valence-electron chi connectivity index (χ3n) is 3.41. The predicted octanol–water partition coefficient (Wildman–Crippen LogP) is 1.42. The zero-order valence-electron chi connectivity index (χ0n) is 11.0. The van der Waals surface area contributed by atoms with E-state index < -0.39 is 0 Å². The van der Waals surface area contributed by atoms with Gasteiger partial charge in [0, 0.05) is 18.7 Å². The van der Waals surface area contributed by atoms with E-state index >= 15 is 0 Å². The lowest BCUT2D eigenvalue weighted by Gasteiger charge is -2.21. The van der Waals surface area contributed by atoms with E-state index in [1.807, 2.05) is 6.92 Å². The molecule has 0 radical (unpaired) electrons. The summed E-state index contributed by atoms with van der Waals surface area (Å²) in [6.45, 7) is 2.64. The molecule has 1 aliphatic rings. The average Bonchev–Trinajstić information content (AvgIpc) is 2.54. The molecule has 1 fully saturated rings. The summed E-state index contributed by atoms with van der Waals surface area (Å²) in [4.78, 5) is 11.8. The minimum atomic E-state index is -0.220. The fourth-order valence-electron chi connectivity index (χ4n) is 2.36. The van der Waals surface area contributed by atoms with Crippen molar-refractivity contribution < 1.29 is 15.0 Å². The van der Waals surface area contributed by atoms with Crippen molar-refractivity contribution in [1.82, 2.24) is 10.6 Å². The molecule has 1 aromatic carbocycles. The number of aromatic hydroxyl groups is 2. The second kappa shape index (κ2) is 5.93. The molecule has 5 heteroatoms. The Morgan fingerprint density at radius 1 is 1.26 bits per heavy atom. The average molecular weight is 264 g/mol. The Morgan fingerprint density at radius 2 is 1.95 bits per heavy atom. The molecule has 5 nitrogen and oxygen atoms in total. The summed E-state index contributed by atoms with van der Waals surface area (Å²) in [6, 6.07) is 4.13. The summed E-state index contributed by atoms with van der Waals surface area (Å²) >= 11 is 0. The molecular formula is C14H20N2O3. The smallest absolute Gasteiger partial charge is 0.237 e. The molecular weight excluding hydrogens is 244 g/mol. The van der Waals surface area contributed by atoms with Crippen molar-refractivity contribution >= 4 is 5.91 Å². The van der Waals surface area contributed by atoms with Gasteiger partial charge in [-0.15, -0.1) is 0 Å². The van der Waals surface area contributed by atoms with E-state index in [1.165, 1.54) is 6.07 Å². The second-order valence-electron chi connectivity index (χ2n) is 5.01. The summed E-state index contributed by atoms with van der Waals surface area (Å²) in [6.07, 6.45) is 2.82. The highest BCUT2D eigenvalue weighted by Gasteiger charge is 2.22. The van der Waals surface area contributed by atoms with Gasteiger partial charge in [0.25, 0.3) is 0 Å². The second-order valence-corrected chi connectivity index (χ2v) is 5.01. The third-order valence-corrected chi connectivity index (χ3v) is 3.41. The lowest BCUT2D eigenvalue weighted by molar-refractivity contribution is -0.123. The maximum atomic E-state index is 11.8. The van der Waals surface area contributed by atoms with Crippen LogP contribution in [0, 0.1) is 0 Å². The lowest BCUT2D eigenvalue weighted by atomic mass is 10.0. The van der Waals surface area contributed by atoms with Gasteiger partial charge in [-0.1, -0.05) is 0 Å². The Morgan fingerprint density at radius 3 is 2.63 bits per heavy atom. The molecule has 19 heavy (non-hydrogen) atoms. The van der Waals surface area contributed by atoms with Gasteiger partial charge in [0.05, 0.1) is 6.04 Å². The Balaban J connectivity index is 2.06. The molecule has 1 heterocycles. The van der Waals surface area contributed by atoms with Crippen LogP contribution in [-0.4, -0.2) is 28.7 Å². The van der Waals surface area contributed by atoms with Crippen molar-refractivity contribution in [2.45, 2.75) is 38.3 Å². The zero-order valence-corrected chi connectivity index (χ0v) is 11.0. The lowest BCUT2D eigenvalue weighted by Crippen LogP contribution is -2.43. The van der Waals surface area contributed by atoms with Crippen LogP contribution < -0.4 is 10.6 Å². The molecule has 0 spiro atoms. The van der Waals surface area contributed by atoms with Crippen LogP contribution >= 0.6 is 0 Å². The van der Waals surface area contributed by atoms with Crippen molar-refractivity contribution in [3.63, 3.8) is 0 Å². The highest BCUT2D eigenvalue weighted by atomic mass is 16.3. The Kier molecular flexibility index (Phi) is 4.27. The van der Waals surface area contributed by atoms with Crippen LogP contribution in [0.4, 0.5) is 0 Å². The fourth-order valence-corrected chi connectivity index (χ4v) is 2.36. The number of nitrogens with one attached hydrogen (secondary N) is 2. The Bertz CT molecular complexity index is 442. The first-order valence-electron chi connectivity index (χ1n) is 6.63. The zero-order chi connectivity index (χ0) is 13.8. The van der Waals surface area contributed by atoms with Gasteiger partial charge < -0.3 is 15.5 Å². The maximum absolute atomic E-state index is 11.8. The molecule has 0 aliphatic carbocycles. The van der Waals surface area contributed by atoms with Gasteiger partial charge in [-0.25, -0.2) is 0 Å². The van der Waals surface area contributed by atoms with E-state index in [0.29, 0.717) is 0 Å². The minimum Gasteiger partial charge on any atom is -0.508 e. The number of hydrogen-bond acceptors (Lipinski definition) is 4. The summed E-state index contributed by atoms with van der Waals surface area (Å²) in [5.74, 6) is 0.0664. The molecule has 2 rings (SSSR count). The molecule has 2 atom stereocenters. The molecule has 1 amide bonds. The van der Waals surface area contributed by atoms with Crippen molar-refractivity contribution in [1.29, 1.82) is 0 Å². The van der Waals surface area contributed by atoms with Crippen LogP contribution in [0.1, 0.15) is 37.8 Å². The van der Waals surface area contributed by atoms with Crippen LogP contribution in [0.2, 0.25) is 0 Å². The fraction of sp³-hybridized carbons (Fsp3) is 0.500. The molecule has 1 aliphatic heterocycles. The van der Waals surface area contributed by atoms with Gasteiger partial charge in [-0.2, -0.15) is 0 Å². The molecule has 1 saturated heterocycles. The standard InChI is InChI=1S/C14H20N2O3/c1-9(10-6-11(17)8-12(18)7-10)16-13-4-2-3-5-15-14(13)19/h6-9,13,16-18H,2-5H2,1H3,(H,15,19). The SMILES string of the molecule is CC(NC1CCCCNC1=O)c1cc(O)cc(O)c1. The summed E-state index contributed by atoms with van der Waals surface area (Å²) in [5, 5.41) is 25.1. The van der Waals surface area contributed by atoms with E-state index in [-0.39, 0.29) is 29.5 Å². The van der Waals surface area contributed by atoms with Crippen LogP contribution in [0.3, 0.4) is 0 Å². The summed E-state index contributed by atoms with van der Waals surface area (Å²) in [7, 11) is 0. The van der Waals surface area contributed by atoms with Crippen LogP contribution in [0.25, 0.3) is 0 Å². The number of rotatable bonds is 3. The molecule has 2 unspecified atom stereocenters. The van der Waals surface area contributed by atoms with Crippen molar-refractivity contribution in [3.05, 3.63) is 23.8 Å². The predicted molar refractivity (Wildman–Crippen MR) is 72.0 cm³/mol. The number of carbonyl (C=O) groups is 1. The normalized spacial score (nSPS) is 21.5. The first-order valence-corrected chi connectivity index (χ1v) is 6.63.